The van der Waals surface area contributed by atoms with E-state index in [1.54, 1.807) is 48.5 Å². The highest BCUT2D eigenvalue weighted by atomic mass is 32.2. The maximum Gasteiger partial charge on any atom is 0.294 e. The van der Waals surface area contributed by atoms with Crippen LogP contribution in [0.3, 0.4) is 0 Å². The lowest BCUT2D eigenvalue weighted by molar-refractivity contribution is 0.413. The van der Waals surface area contributed by atoms with Crippen LogP contribution in [0.5, 0.6) is 0 Å². The van der Waals surface area contributed by atoms with E-state index in [0.717, 1.165) is 62.2 Å². The van der Waals surface area contributed by atoms with Gasteiger partial charge in [0.25, 0.3) is 40.5 Å². The van der Waals surface area contributed by atoms with Gasteiger partial charge in [0.05, 0.1) is 42.4 Å². The number of nitrogens with one attached hydrogen (secondary N) is 3. The Bertz CT molecular complexity index is 4280. The van der Waals surface area contributed by atoms with Crippen LogP contribution < -0.4 is 16.0 Å². The highest BCUT2D eigenvalue weighted by Gasteiger charge is 2.29. The zero-order chi connectivity index (χ0) is 62.1. The molecule has 1 aliphatic carbocycles. The fourth-order valence-electron chi connectivity index (χ4n) is 10.7. The van der Waals surface area contributed by atoms with Crippen LogP contribution in [0.15, 0.2) is 248 Å². The first-order valence-electron chi connectivity index (χ1n) is 27.8. The van der Waals surface area contributed by atoms with Crippen molar-refractivity contribution in [2.24, 2.45) is 9.98 Å². The lowest BCUT2D eigenvalue weighted by Crippen LogP contribution is -2.15. The van der Waals surface area contributed by atoms with E-state index in [0.29, 0.717) is 42.5 Å². The molecule has 17 nitrogen and oxygen atoms in total. The quantitative estimate of drug-likeness (QED) is 0.0219. The van der Waals surface area contributed by atoms with Gasteiger partial charge in [-0.2, -0.15) is 33.7 Å². The first-order chi connectivity index (χ1) is 41.3. The largest absolute Gasteiger partial charge is 0.388 e. The number of rotatable bonds is 24. The van der Waals surface area contributed by atoms with Gasteiger partial charge in [-0.3, -0.25) is 18.2 Å². The summed E-state index contributed by atoms with van der Waals surface area (Å²) in [5.74, 6) is -1.41. The van der Waals surface area contributed by atoms with Crippen LogP contribution >= 0.6 is 0 Å². The molecule has 8 aromatic rings. The normalized spacial score (nSPS) is 14.6. The number of benzene rings is 8. The Balaban J connectivity index is 0.923. The Hall–Kier alpha value is -8.38. The van der Waals surface area contributed by atoms with Gasteiger partial charge in [0.2, 0.25) is 0 Å². The second-order valence-electron chi connectivity index (χ2n) is 21.5. The van der Waals surface area contributed by atoms with E-state index in [-0.39, 0.29) is 43.3 Å². The van der Waals surface area contributed by atoms with E-state index in [9.17, 15) is 51.9 Å². The van der Waals surface area contributed by atoms with Gasteiger partial charge >= 0.3 is 0 Å². The molecule has 0 aromatic heterocycles. The first kappa shape index (κ1) is 63.1. The molecule has 8 aromatic carbocycles. The van der Waals surface area contributed by atoms with Crippen molar-refractivity contribution in [1.82, 2.24) is 0 Å². The third kappa shape index (κ3) is 17.4. The van der Waals surface area contributed by atoms with Crippen LogP contribution in [0.4, 0.5) is 39.8 Å². The van der Waals surface area contributed by atoms with E-state index in [1.165, 1.54) is 48.5 Å². The number of aliphatic imine (C=N–C) groups is 2. The smallest absolute Gasteiger partial charge is 0.294 e. The summed E-state index contributed by atoms with van der Waals surface area (Å²) in [5.41, 5.74) is 11.8. The summed E-state index contributed by atoms with van der Waals surface area (Å²) >= 11 is 0. The zero-order valence-electron chi connectivity index (χ0n) is 47.6. The van der Waals surface area contributed by atoms with Crippen LogP contribution in [-0.2, 0) is 40.5 Å². The second kappa shape index (κ2) is 27.1. The molecule has 0 spiro atoms. The maximum atomic E-state index is 12.3. The molecule has 0 saturated heterocycles. The van der Waals surface area contributed by atoms with Crippen molar-refractivity contribution in [3.63, 3.8) is 0 Å². The molecule has 0 amide bonds. The standard InChI is InChI=1S/C66H65N5O12S4/c1-44(46-4-14-55(15-5-46)68-57-20-22-59(23-21-57)70-61-28-30-62(31-29-61)71-60-26-24-58(25-27-60)69-56-18-16-54(67-3)17-19-56)40-51(48-8-34-64(35-9-48)85(75,76)77)42-53(50-12-38-66(39-13-50)87(81,82)83)43-52(49-10-36-65(37-11-49)86(78,79)80)41-45(2)47-6-32-63(33-7-47)84(72,73)74/h4-39,44-45,51-53,67,69,71H,40-43H2,1-3H3,(H,72,73,74)(H,75,76,77)(H,78,79,80)(H,81,82,83). The summed E-state index contributed by atoms with van der Waals surface area (Å²) in [4.78, 5) is 8.49. The average molecular weight is 1250 g/mol. The van der Waals surface area contributed by atoms with Crippen LogP contribution in [0.2, 0.25) is 0 Å². The van der Waals surface area contributed by atoms with Crippen LogP contribution in [0.1, 0.15) is 96.9 Å². The Morgan fingerprint density at radius 3 is 0.828 bits per heavy atom. The molecular weight excluding hydrogens is 1180 g/mol. The van der Waals surface area contributed by atoms with Gasteiger partial charge in [0.15, 0.2) is 0 Å². The number of anilines is 5. The first-order valence-corrected chi connectivity index (χ1v) is 33.5. The lowest BCUT2D eigenvalue weighted by atomic mass is 9.74. The van der Waals surface area contributed by atoms with Crippen LogP contribution in [0.25, 0.3) is 0 Å². The summed E-state index contributed by atoms with van der Waals surface area (Å²) in [6.07, 6.45) is 9.33. The Morgan fingerprint density at radius 1 is 0.322 bits per heavy atom. The van der Waals surface area contributed by atoms with Crippen molar-refractivity contribution < 1.29 is 51.9 Å². The highest BCUT2D eigenvalue weighted by Crippen LogP contribution is 2.45. The minimum atomic E-state index is -4.57. The minimum Gasteiger partial charge on any atom is -0.388 e. The molecule has 0 aliphatic heterocycles. The van der Waals surface area contributed by atoms with Gasteiger partial charge in [-0.15, -0.1) is 0 Å². The fourth-order valence-corrected chi connectivity index (χ4v) is 12.6. The van der Waals surface area contributed by atoms with E-state index in [1.807, 2.05) is 135 Å². The molecule has 7 N–H and O–H groups in total. The van der Waals surface area contributed by atoms with Crippen molar-refractivity contribution in [3.8, 4) is 0 Å². The van der Waals surface area contributed by atoms with E-state index in [2.05, 4.69) is 22.9 Å². The highest BCUT2D eigenvalue weighted by molar-refractivity contribution is 7.86. The molecule has 9 rings (SSSR count). The molecule has 0 heterocycles. The summed E-state index contributed by atoms with van der Waals surface area (Å²) < 4.78 is 137. The van der Waals surface area contributed by atoms with E-state index < -0.39 is 46.4 Å². The monoisotopic (exact) mass is 1250 g/mol. The molecule has 5 atom stereocenters. The molecule has 0 saturated carbocycles. The molecular formula is C66H65N5O12S4. The zero-order valence-corrected chi connectivity index (χ0v) is 50.8. The number of hydrogen-bond donors (Lipinski definition) is 7. The fraction of sp³-hybridized carbons (Fsp3) is 0.182. The van der Waals surface area contributed by atoms with Gasteiger partial charge < -0.3 is 16.0 Å². The van der Waals surface area contributed by atoms with E-state index in [4.69, 9.17) is 9.98 Å². The number of hydrogen-bond acceptors (Lipinski definition) is 13. The number of nitrogens with zero attached hydrogens (tertiary/aromatic N) is 2. The van der Waals surface area contributed by atoms with Crippen LogP contribution in [0, 0.1) is 0 Å². The third-order valence-corrected chi connectivity index (χ3v) is 18.9. The van der Waals surface area contributed by atoms with Gasteiger partial charge in [0.1, 0.15) is 0 Å². The molecule has 1 aliphatic rings. The van der Waals surface area contributed by atoms with Crippen molar-refractivity contribution in [2.75, 3.05) is 23.0 Å². The molecule has 0 fully saturated rings. The number of allylic oxidation sites excluding steroid dienone is 4. The molecule has 0 bridgehead atoms. The Morgan fingerprint density at radius 2 is 0.552 bits per heavy atom. The van der Waals surface area contributed by atoms with E-state index >= 15 is 0 Å². The third-order valence-electron chi connectivity index (χ3n) is 15.4. The molecule has 0 radical (unpaired) electrons. The minimum absolute atomic E-state index is 0.102. The predicted octanol–water partition coefficient (Wildman–Crippen LogP) is 15.0. The van der Waals surface area contributed by atoms with Gasteiger partial charge in [-0.25, -0.2) is 9.98 Å². The van der Waals surface area contributed by atoms with Gasteiger partial charge in [-0.05, 0) is 241 Å². The summed E-state index contributed by atoms with van der Waals surface area (Å²) in [5, 5.41) is 9.97. The van der Waals surface area contributed by atoms with Gasteiger partial charge in [0, 0.05) is 35.5 Å². The summed E-state index contributed by atoms with van der Waals surface area (Å²) in [7, 11) is -16.2. The molecule has 5 unspecified atom stereocenters. The molecule has 450 valence electrons. The predicted molar refractivity (Wildman–Crippen MR) is 343 cm³/mol. The van der Waals surface area contributed by atoms with Crippen molar-refractivity contribution >= 4 is 91.7 Å². The van der Waals surface area contributed by atoms with Crippen molar-refractivity contribution in [1.29, 1.82) is 0 Å². The Kier molecular flexibility index (Phi) is 19.7. The Labute approximate surface area is 508 Å². The van der Waals surface area contributed by atoms with Crippen LogP contribution in [-0.4, -0.2) is 70.4 Å². The lowest BCUT2D eigenvalue weighted by Gasteiger charge is -2.31. The topological polar surface area (TPSA) is 278 Å². The van der Waals surface area contributed by atoms with Gasteiger partial charge in [-0.1, -0.05) is 74.5 Å². The maximum absolute atomic E-state index is 12.3. The molecule has 21 heteroatoms. The molecule has 87 heavy (non-hydrogen) atoms. The summed E-state index contributed by atoms with van der Waals surface area (Å²) in [6, 6.07) is 55.4. The second-order valence-corrected chi connectivity index (χ2v) is 27.2. The average Bonchev–Trinajstić information content (AvgIpc) is 3.08. The SMILES string of the molecule is CNc1ccc(Nc2ccc(Nc3ccc(N=C4C=CC(=Nc5ccc(C(C)CC(CC(CC(CC(C)c6ccc(S(=O)(=O)O)cc6)c6ccc(S(=O)(=O)O)cc6)c6ccc(S(=O)(=O)O)cc6)c6ccc(S(=O)(=O)O)cc6)cc5)C=C4)cc3)cc2)cc1. The van der Waals surface area contributed by atoms with Crippen molar-refractivity contribution in [3.05, 3.63) is 246 Å². The van der Waals surface area contributed by atoms with Crippen molar-refractivity contribution in [2.45, 2.75) is 88.7 Å². The summed E-state index contributed by atoms with van der Waals surface area (Å²) in [6.45, 7) is 4.02.